The van der Waals surface area contributed by atoms with E-state index in [-0.39, 0.29) is 12.1 Å². The molecule has 4 aromatic rings. The zero-order valence-corrected chi connectivity index (χ0v) is 17.8. The number of alkyl halides is 3. The van der Waals surface area contributed by atoms with Crippen molar-refractivity contribution < 1.29 is 22.7 Å². The Morgan fingerprint density at radius 2 is 1.88 bits per heavy atom. The molecule has 0 unspecified atom stereocenters. The van der Waals surface area contributed by atoms with Crippen LogP contribution < -0.4 is 9.64 Å². The van der Waals surface area contributed by atoms with Crippen molar-refractivity contribution in [2.75, 3.05) is 11.5 Å². The number of aromatic nitrogens is 2. The summed E-state index contributed by atoms with van der Waals surface area (Å²) in [4.78, 5) is 23.6. The Morgan fingerprint density at radius 3 is 2.53 bits per heavy atom. The Hall–Kier alpha value is -3.46. The van der Waals surface area contributed by atoms with Crippen LogP contribution in [0.15, 0.2) is 66.9 Å². The zero-order valence-electron chi connectivity index (χ0n) is 17.0. The molecule has 0 spiro atoms. The van der Waals surface area contributed by atoms with E-state index in [9.17, 15) is 18.0 Å². The number of amides is 1. The summed E-state index contributed by atoms with van der Waals surface area (Å²) in [6, 6.07) is 15.0. The summed E-state index contributed by atoms with van der Waals surface area (Å²) < 4.78 is 45.1. The fourth-order valence-corrected chi connectivity index (χ4v) is 4.09. The lowest BCUT2D eigenvalue weighted by atomic mass is 10.1. The third kappa shape index (κ3) is 4.72. The number of pyridine rings is 1. The normalized spacial score (nSPS) is 11.5. The Bertz CT molecular complexity index is 1220. The van der Waals surface area contributed by atoms with Gasteiger partial charge in [-0.1, -0.05) is 17.4 Å². The van der Waals surface area contributed by atoms with Gasteiger partial charge >= 0.3 is 6.18 Å². The number of carbonyl (C=O) groups excluding carboxylic acids is 1. The molecule has 0 aliphatic heterocycles. The number of halogens is 3. The van der Waals surface area contributed by atoms with E-state index in [1.807, 2.05) is 19.1 Å². The van der Waals surface area contributed by atoms with Crippen LogP contribution in [0.1, 0.15) is 28.5 Å². The highest BCUT2D eigenvalue weighted by atomic mass is 32.1. The van der Waals surface area contributed by atoms with Crippen molar-refractivity contribution in [3.8, 4) is 5.75 Å². The number of thiazole rings is 1. The van der Waals surface area contributed by atoms with Gasteiger partial charge in [-0.15, -0.1) is 0 Å². The summed E-state index contributed by atoms with van der Waals surface area (Å²) in [6.45, 7) is 2.54. The summed E-state index contributed by atoms with van der Waals surface area (Å²) in [5.41, 5.74) is 0.638. The summed E-state index contributed by atoms with van der Waals surface area (Å²) in [6.07, 6.45) is -2.86. The van der Waals surface area contributed by atoms with E-state index in [4.69, 9.17) is 4.74 Å². The predicted octanol–water partition coefficient (Wildman–Crippen LogP) is 5.96. The molecule has 0 saturated heterocycles. The predicted molar refractivity (Wildman–Crippen MR) is 117 cm³/mol. The monoisotopic (exact) mass is 457 g/mol. The van der Waals surface area contributed by atoms with Crippen LogP contribution in [0.4, 0.5) is 18.3 Å². The molecular formula is C23H18F3N3O2S. The van der Waals surface area contributed by atoms with Crippen molar-refractivity contribution in [1.29, 1.82) is 0 Å². The van der Waals surface area contributed by atoms with E-state index < -0.39 is 17.6 Å². The molecule has 0 fully saturated rings. The van der Waals surface area contributed by atoms with Gasteiger partial charge in [0.05, 0.1) is 34.6 Å². The quantitative estimate of drug-likeness (QED) is 0.359. The molecule has 0 saturated carbocycles. The summed E-state index contributed by atoms with van der Waals surface area (Å²) in [5, 5.41) is 0.421. The average Bonchev–Trinajstić information content (AvgIpc) is 3.20. The fraction of sp³-hybridized carbons (Fsp3) is 0.174. The first-order valence-corrected chi connectivity index (χ1v) is 10.6. The van der Waals surface area contributed by atoms with Gasteiger partial charge in [0.1, 0.15) is 5.75 Å². The van der Waals surface area contributed by atoms with Crippen LogP contribution in [0.2, 0.25) is 0 Å². The molecule has 0 aliphatic rings. The largest absolute Gasteiger partial charge is 0.494 e. The third-order valence-corrected chi connectivity index (χ3v) is 5.68. The van der Waals surface area contributed by atoms with E-state index >= 15 is 0 Å². The molecule has 0 radical (unpaired) electrons. The van der Waals surface area contributed by atoms with Gasteiger partial charge < -0.3 is 4.74 Å². The van der Waals surface area contributed by atoms with Crippen LogP contribution >= 0.6 is 11.3 Å². The van der Waals surface area contributed by atoms with Gasteiger partial charge in [0.2, 0.25) is 0 Å². The van der Waals surface area contributed by atoms with Crippen LogP contribution in [0, 0.1) is 0 Å². The maximum Gasteiger partial charge on any atom is 0.416 e. The highest BCUT2D eigenvalue weighted by Gasteiger charge is 2.31. The van der Waals surface area contributed by atoms with E-state index in [1.165, 1.54) is 28.4 Å². The second kappa shape index (κ2) is 8.96. The van der Waals surface area contributed by atoms with E-state index in [1.54, 1.807) is 30.5 Å². The first-order valence-electron chi connectivity index (χ1n) is 9.77. The summed E-state index contributed by atoms with van der Waals surface area (Å²) in [5.74, 6) is 0.231. The molecule has 0 N–H and O–H groups in total. The molecule has 0 aliphatic carbocycles. The second-order valence-electron chi connectivity index (χ2n) is 6.85. The first-order chi connectivity index (χ1) is 15.3. The molecule has 164 valence electrons. The number of hydrogen-bond acceptors (Lipinski definition) is 5. The molecule has 5 nitrogen and oxygen atoms in total. The second-order valence-corrected chi connectivity index (χ2v) is 7.86. The SMILES string of the molecule is CCOc1ccc2nc(N(Cc3ccccn3)C(=O)c3ccc(C(F)(F)F)cc3)sc2c1. The first kappa shape index (κ1) is 21.8. The van der Waals surface area contributed by atoms with Gasteiger partial charge in [0.25, 0.3) is 5.91 Å². The molecule has 0 atom stereocenters. The number of nitrogens with zero attached hydrogens (tertiary/aromatic N) is 3. The van der Waals surface area contributed by atoms with Crippen LogP contribution in [0.25, 0.3) is 10.2 Å². The van der Waals surface area contributed by atoms with Crippen molar-refractivity contribution in [3.05, 3.63) is 83.7 Å². The molecular weight excluding hydrogens is 439 g/mol. The minimum absolute atomic E-state index is 0.124. The number of anilines is 1. The Kier molecular flexibility index (Phi) is 6.09. The Morgan fingerprint density at radius 1 is 1.09 bits per heavy atom. The van der Waals surface area contributed by atoms with Gasteiger partial charge in [-0.25, -0.2) is 4.98 Å². The van der Waals surface area contributed by atoms with Gasteiger partial charge in [-0.3, -0.25) is 14.7 Å². The van der Waals surface area contributed by atoms with Crippen molar-refractivity contribution in [3.63, 3.8) is 0 Å². The van der Waals surface area contributed by atoms with Crippen molar-refractivity contribution in [1.82, 2.24) is 9.97 Å². The number of hydrogen-bond donors (Lipinski definition) is 0. The molecule has 2 aromatic heterocycles. The van der Waals surface area contributed by atoms with E-state index in [2.05, 4.69) is 9.97 Å². The number of benzene rings is 2. The molecule has 2 heterocycles. The van der Waals surface area contributed by atoms with Crippen molar-refractivity contribution in [2.45, 2.75) is 19.6 Å². The van der Waals surface area contributed by atoms with Crippen LogP contribution in [-0.2, 0) is 12.7 Å². The summed E-state index contributed by atoms with van der Waals surface area (Å²) in [7, 11) is 0. The maximum absolute atomic E-state index is 13.3. The zero-order chi connectivity index (χ0) is 22.7. The van der Waals surface area contributed by atoms with Gasteiger partial charge in [-0.2, -0.15) is 13.2 Å². The lowest BCUT2D eigenvalue weighted by Crippen LogP contribution is -2.30. The standard InChI is InChI=1S/C23H18F3N3O2S/c1-2-31-18-10-11-19-20(13-18)32-22(28-19)29(14-17-5-3-4-12-27-17)21(30)15-6-8-16(9-7-15)23(24,25)26/h3-13H,2,14H2,1H3. The molecule has 9 heteroatoms. The average molecular weight is 457 g/mol. The lowest BCUT2D eigenvalue weighted by Gasteiger charge is -2.20. The van der Waals surface area contributed by atoms with Crippen LogP contribution in [-0.4, -0.2) is 22.5 Å². The van der Waals surface area contributed by atoms with Crippen molar-refractivity contribution >= 4 is 32.6 Å². The topological polar surface area (TPSA) is 55.3 Å². The van der Waals surface area contributed by atoms with E-state index in [0.29, 0.717) is 28.7 Å². The minimum atomic E-state index is -4.47. The van der Waals surface area contributed by atoms with Crippen molar-refractivity contribution in [2.24, 2.45) is 0 Å². The van der Waals surface area contributed by atoms with Gasteiger partial charge in [0.15, 0.2) is 5.13 Å². The van der Waals surface area contributed by atoms with Crippen LogP contribution in [0.3, 0.4) is 0 Å². The third-order valence-electron chi connectivity index (χ3n) is 4.64. The lowest BCUT2D eigenvalue weighted by molar-refractivity contribution is -0.137. The Labute approximate surface area is 186 Å². The number of carbonyl (C=O) groups is 1. The number of ether oxygens (including phenoxy) is 1. The fourth-order valence-electron chi connectivity index (χ4n) is 3.10. The summed E-state index contributed by atoms with van der Waals surface area (Å²) >= 11 is 1.30. The Balaban J connectivity index is 1.71. The molecule has 2 aromatic carbocycles. The highest BCUT2D eigenvalue weighted by molar-refractivity contribution is 7.22. The number of rotatable bonds is 6. The molecule has 4 rings (SSSR count). The van der Waals surface area contributed by atoms with E-state index in [0.717, 1.165) is 16.8 Å². The van der Waals surface area contributed by atoms with Gasteiger partial charge in [-0.05, 0) is 61.5 Å². The smallest absolute Gasteiger partial charge is 0.416 e. The molecule has 1 amide bonds. The highest BCUT2D eigenvalue weighted by Crippen LogP contribution is 2.34. The molecule has 32 heavy (non-hydrogen) atoms. The number of fused-ring (bicyclic) bond motifs is 1. The molecule has 0 bridgehead atoms. The van der Waals surface area contributed by atoms with Gasteiger partial charge in [0, 0.05) is 11.8 Å². The van der Waals surface area contributed by atoms with Crippen LogP contribution in [0.5, 0.6) is 5.75 Å². The maximum atomic E-state index is 13.3. The minimum Gasteiger partial charge on any atom is -0.494 e.